The summed E-state index contributed by atoms with van der Waals surface area (Å²) in [5, 5.41) is 1.84. The van der Waals surface area contributed by atoms with Gasteiger partial charge in [-0.1, -0.05) is 26.7 Å². The van der Waals surface area contributed by atoms with Crippen LogP contribution in [0.3, 0.4) is 0 Å². The van der Waals surface area contributed by atoms with Crippen molar-refractivity contribution in [2.45, 2.75) is 55.7 Å². The molecule has 0 atom stereocenters. The van der Waals surface area contributed by atoms with Crippen molar-refractivity contribution in [1.82, 2.24) is 4.31 Å². The summed E-state index contributed by atoms with van der Waals surface area (Å²) in [4.78, 5) is 0. The third-order valence-corrected chi connectivity index (χ3v) is 7.31. The van der Waals surface area contributed by atoms with Crippen LogP contribution in [0.1, 0.15) is 45.1 Å². The maximum absolute atomic E-state index is 12.9. The molecule has 3 nitrogen and oxygen atoms in total. The minimum absolute atomic E-state index is 0.170. The van der Waals surface area contributed by atoms with Crippen molar-refractivity contribution in [3.8, 4) is 0 Å². The molecule has 6 heteroatoms. The van der Waals surface area contributed by atoms with Crippen molar-refractivity contribution >= 4 is 33.0 Å². The zero-order chi connectivity index (χ0) is 14.8. The third kappa shape index (κ3) is 3.56. The van der Waals surface area contributed by atoms with Gasteiger partial charge in [-0.2, -0.15) is 4.31 Å². The Morgan fingerprint density at radius 3 is 2.55 bits per heavy atom. The smallest absolute Gasteiger partial charge is 0.206 e. The summed E-state index contributed by atoms with van der Waals surface area (Å²) >= 11 is 7.06. The lowest BCUT2D eigenvalue weighted by molar-refractivity contribution is 0.293. The second kappa shape index (κ2) is 6.77. The molecule has 0 unspecified atom stereocenters. The molecule has 1 aromatic heterocycles. The third-order valence-electron chi connectivity index (χ3n) is 3.62. The molecule has 1 aliphatic carbocycles. The highest BCUT2D eigenvalue weighted by Gasteiger charge is 2.34. The monoisotopic (exact) mass is 335 g/mol. The molecule has 0 spiro atoms. The van der Waals surface area contributed by atoms with Gasteiger partial charge < -0.3 is 0 Å². The van der Waals surface area contributed by atoms with Crippen molar-refractivity contribution in [2.24, 2.45) is 5.92 Å². The molecule has 20 heavy (non-hydrogen) atoms. The first-order valence-electron chi connectivity index (χ1n) is 7.10. The molecule has 0 amide bonds. The lowest BCUT2D eigenvalue weighted by Crippen LogP contribution is -2.40. The Labute approximate surface area is 131 Å². The van der Waals surface area contributed by atoms with E-state index in [-0.39, 0.29) is 6.04 Å². The van der Waals surface area contributed by atoms with Crippen LogP contribution < -0.4 is 0 Å². The highest BCUT2D eigenvalue weighted by Crippen LogP contribution is 2.32. The highest BCUT2D eigenvalue weighted by atomic mass is 35.5. The van der Waals surface area contributed by atoms with E-state index < -0.39 is 10.0 Å². The average molecular weight is 336 g/mol. The van der Waals surface area contributed by atoms with Crippen LogP contribution >= 0.6 is 22.9 Å². The van der Waals surface area contributed by atoms with Crippen molar-refractivity contribution in [3.63, 3.8) is 0 Å². The maximum atomic E-state index is 12.9. The maximum Gasteiger partial charge on any atom is 0.252 e. The van der Waals surface area contributed by atoms with Gasteiger partial charge in [0, 0.05) is 18.5 Å². The Kier molecular flexibility index (Phi) is 5.51. The van der Waals surface area contributed by atoms with E-state index in [1.165, 1.54) is 11.3 Å². The van der Waals surface area contributed by atoms with Crippen LogP contribution in [0.4, 0.5) is 0 Å². The van der Waals surface area contributed by atoms with Gasteiger partial charge in [-0.15, -0.1) is 22.9 Å². The summed E-state index contributed by atoms with van der Waals surface area (Å²) in [5.74, 6) is 0.692. The molecule has 1 aromatic rings. The number of rotatable bonds is 6. The van der Waals surface area contributed by atoms with Crippen molar-refractivity contribution in [2.75, 3.05) is 6.54 Å². The first-order chi connectivity index (χ1) is 9.45. The van der Waals surface area contributed by atoms with E-state index in [4.69, 9.17) is 11.6 Å². The molecule has 0 N–H and O–H groups in total. The molecule has 2 rings (SSSR count). The van der Waals surface area contributed by atoms with E-state index >= 15 is 0 Å². The van der Waals surface area contributed by atoms with Crippen LogP contribution in [0.2, 0.25) is 0 Å². The summed E-state index contributed by atoms with van der Waals surface area (Å²) in [6, 6.07) is 1.89. The first-order valence-corrected chi connectivity index (χ1v) is 9.95. The Morgan fingerprint density at radius 1 is 1.40 bits per heavy atom. The number of hydrogen-bond donors (Lipinski definition) is 0. The van der Waals surface area contributed by atoms with E-state index in [0.29, 0.717) is 22.6 Å². The van der Waals surface area contributed by atoms with E-state index in [9.17, 15) is 8.42 Å². The van der Waals surface area contributed by atoms with Gasteiger partial charge in [0.2, 0.25) is 0 Å². The molecule has 0 aromatic carbocycles. The van der Waals surface area contributed by atoms with Gasteiger partial charge in [0.15, 0.2) is 0 Å². The minimum atomic E-state index is -3.38. The fourth-order valence-electron chi connectivity index (χ4n) is 2.67. The zero-order valence-electron chi connectivity index (χ0n) is 12.0. The molecule has 0 bridgehead atoms. The van der Waals surface area contributed by atoms with Crippen LogP contribution in [0.5, 0.6) is 0 Å². The predicted octanol–water partition coefficient (Wildman–Crippen LogP) is 4.08. The molecule has 0 saturated heterocycles. The SMILES string of the molecule is CC(C)CN(C1CCCC1)S(=O)(=O)c1cc(CCl)cs1. The van der Waals surface area contributed by atoms with Crippen LogP contribution in [-0.2, 0) is 15.9 Å². The predicted molar refractivity (Wildman–Crippen MR) is 84.9 cm³/mol. The van der Waals surface area contributed by atoms with Crippen LogP contribution in [0, 0.1) is 5.92 Å². The van der Waals surface area contributed by atoms with Crippen molar-refractivity contribution in [3.05, 3.63) is 17.0 Å². The van der Waals surface area contributed by atoms with Gasteiger partial charge in [-0.05, 0) is 35.8 Å². The Balaban J connectivity index is 2.29. The lowest BCUT2D eigenvalue weighted by atomic mass is 10.2. The van der Waals surface area contributed by atoms with Crippen molar-refractivity contribution < 1.29 is 8.42 Å². The molecule has 114 valence electrons. The van der Waals surface area contributed by atoms with E-state index in [2.05, 4.69) is 13.8 Å². The van der Waals surface area contributed by atoms with Crippen LogP contribution in [0.25, 0.3) is 0 Å². The van der Waals surface area contributed by atoms with Gasteiger partial charge in [-0.3, -0.25) is 0 Å². The molecular formula is C14H22ClNO2S2. The molecule has 1 saturated carbocycles. The Hall–Kier alpha value is -0.100. The van der Waals surface area contributed by atoms with E-state index in [0.717, 1.165) is 31.2 Å². The van der Waals surface area contributed by atoms with E-state index in [1.54, 1.807) is 10.4 Å². The zero-order valence-corrected chi connectivity index (χ0v) is 14.4. The molecule has 0 radical (unpaired) electrons. The van der Waals surface area contributed by atoms with Gasteiger partial charge in [-0.25, -0.2) is 8.42 Å². The van der Waals surface area contributed by atoms with Gasteiger partial charge in [0.1, 0.15) is 4.21 Å². The quantitative estimate of drug-likeness (QED) is 0.735. The molecule has 0 aliphatic heterocycles. The normalized spacial score (nSPS) is 17.4. The number of thiophene rings is 1. The highest BCUT2D eigenvalue weighted by molar-refractivity contribution is 7.91. The number of hydrogen-bond acceptors (Lipinski definition) is 3. The topological polar surface area (TPSA) is 37.4 Å². The molecule has 1 aliphatic rings. The number of nitrogens with zero attached hydrogens (tertiary/aromatic N) is 1. The molecule has 1 fully saturated rings. The number of alkyl halides is 1. The Bertz CT molecular complexity index is 533. The second-order valence-electron chi connectivity index (χ2n) is 5.81. The summed E-state index contributed by atoms with van der Waals surface area (Å²) < 4.78 is 27.9. The van der Waals surface area contributed by atoms with Crippen molar-refractivity contribution in [1.29, 1.82) is 0 Å². The number of halogens is 1. The summed E-state index contributed by atoms with van der Waals surface area (Å²) in [5.41, 5.74) is 0.881. The fourth-order valence-corrected chi connectivity index (χ4v) is 6.10. The summed E-state index contributed by atoms with van der Waals surface area (Å²) in [7, 11) is -3.38. The minimum Gasteiger partial charge on any atom is -0.206 e. The van der Waals surface area contributed by atoms with Crippen LogP contribution in [-0.4, -0.2) is 25.3 Å². The summed E-state index contributed by atoms with van der Waals surface area (Å²) in [6.07, 6.45) is 4.23. The van der Waals surface area contributed by atoms with Gasteiger partial charge >= 0.3 is 0 Å². The fraction of sp³-hybridized carbons (Fsp3) is 0.714. The summed E-state index contributed by atoms with van der Waals surface area (Å²) in [6.45, 7) is 4.73. The van der Waals surface area contributed by atoms with Gasteiger partial charge in [0.25, 0.3) is 10.0 Å². The average Bonchev–Trinajstić information content (AvgIpc) is 3.06. The number of sulfonamides is 1. The lowest BCUT2D eigenvalue weighted by Gasteiger charge is -2.29. The van der Waals surface area contributed by atoms with Crippen LogP contribution in [0.15, 0.2) is 15.7 Å². The standard InChI is InChI=1S/C14H22ClNO2S2/c1-11(2)9-16(13-5-3-4-6-13)20(17,18)14-7-12(8-15)10-19-14/h7,10-11,13H,3-6,8-9H2,1-2H3. The first kappa shape index (κ1) is 16.3. The second-order valence-corrected chi connectivity index (χ2v) is 9.11. The largest absolute Gasteiger partial charge is 0.252 e. The Morgan fingerprint density at radius 2 is 2.05 bits per heavy atom. The molecule has 1 heterocycles. The molecular weight excluding hydrogens is 314 g/mol. The van der Waals surface area contributed by atoms with E-state index in [1.807, 2.05) is 5.38 Å². The van der Waals surface area contributed by atoms with Gasteiger partial charge in [0.05, 0.1) is 0 Å².